The van der Waals surface area contributed by atoms with Crippen LogP contribution in [0.4, 0.5) is 24.7 Å². The molecule has 0 radical (unpaired) electrons. The quantitative estimate of drug-likeness (QED) is 0.360. The monoisotopic (exact) mass is 502 g/mol. The van der Waals surface area contributed by atoms with Crippen molar-refractivity contribution in [2.75, 3.05) is 25.3 Å². The van der Waals surface area contributed by atoms with Crippen LogP contribution in [-0.2, 0) is 17.8 Å². The van der Waals surface area contributed by atoms with E-state index < -0.39 is 12.1 Å². The number of nitrogen functional groups attached to an aromatic ring is 1. The number of hydrogen-bond donors (Lipinski definition) is 3. The van der Waals surface area contributed by atoms with E-state index in [0.29, 0.717) is 47.3 Å². The molecule has 0 aliphatic carbocycles. The Bertz CT molecular complexity index is 1310. The number of nitrogens with two attached hydrogens (primary N) is 1. The number of methoxy groups -OCH3 is 2. The third-order valence-electron chi connectivity index (χ3n) is 5.10. The number of hydrogen-bond acceptors (Lipinski definition) is 8. The van der Waals surface area contributed by atoms with Crippen LogP contribution in [0.5, 0.6) is 23.1 Å². The minimum Gasteiger partial charge on any atom is -0.493 e. The third-order valence-corrected chi connectivity index (χ3v) is 5.10. The predicted octanol–water partition coefficient (Wildman–Crippen LogP) is 4.49. The molecule has 4 rings (SSSR count). The lowest BCUT2D eigenvalue weighted by Gasteiger charge is -2.24. The summed E-state index contributed by atoms with van der Waals surface area (Å²) in [6.07, 6.45) is -4.57. The van der Waals surface area contributed by atoms with Crippen LogP contribution in [-0.4, -0.2) is 36.5 Å². The summed E-state index contributed by atoms with van der Waals surface area (Å²) in [6, 6.07) is 15.7. The molecule has 1 aromatic heterocycles. The van der Waals surface area contributed by atoms with Crippen molar-refractivity contribution in [3.63, 3.8) is 0 Å². The van der Waals surface area contributed by atoms with Gasteiger partial charge >= 0.3 is 12.1 Å². The fraction of sp³-hybridized carbons (Fsp3) is 0.208. The summed E-state index contributed by atoms with van der Waals surface area (Å²) in [7, 11) is 3.16. The van der Waals surface area contributed by atoms with E-state index in [1.54, 1.807) is 20.3 Å². The molecule has 0 amide bonds. The molecule has 0 saturated heterocycles. The van der Waals surface area contributed by atoms with Crippen molar-refractivity contribution in [3.05, 3.63) is 64.7 Å². The average molecular weight is 502 g/mol. The van der Waals surface area contributed by atoms with Gasteiger partial charge in [-0.05, 0) is 11.6 Å². The van der Waals surface area contributed by atoms with E-state index in [1.165, 1.54) is 0 Å². The fourth-order valence-corrected chi connectivity index (χ4v) is 3.39. The van der Waals surface area contributed by atoms with Crippen molar-refractivity contribution < 1.29 is 37.3 Å². The highest BCUT2D eigenvalue weighted by Crippen LogP contribution is 2.45. The van der Waals surface area contributed by atoms with E-state index in [1.807, 2.05) is 36.4 Å². The standard InChI is InChI=1S/C22H20N4O3.C2HF3O2/c1-27-18-9-14-8-15-20(25-12-13-6-4-3-5-7-13)16(11-23)21(24)26-22(15)29-17(14)10-19(18)28-2;3-2(4,5)1(6)7/h3-7,9-10H,8,12H2,1-2H3,(H3,24,25,26);(H,6,7). The van der Waals surface area contributed by atoms with Gasteiger partial charge in [-0.2, -0.15) is 23.4 Å². The van der Waals surface area contributed by atoms with Gasteiger partial charge in [0.2, 0.25) is 5.88 Å². The van der Waals surface area contributed by atoms with Gasteiger partial charge in [-0.25, -0.2) is 4.79 Å². The van der Waals surface area contributed by atoms with Crippen LogP contribution < -0.4 is 25.3 Å². The first kappa shape index (κ1) is 26.0. The zero-order valence-electron chi connectivity index (χ0n) is 19.1. The van der Waals surface area contributed by atoms with Crippen molar-refractivity contribution in [3.8, 4) is 29.2 Å². The zero-order chi connectivity index (χ0) is 26.5. The van der Waals surface area contributed by atoms with Crippen LogP contribution in [0, 0.1) is 11.3 Å². The number of benzene rings is 2. The number of aliphatic carboxylic acids is 1. The van der Waals surface area contributed by atoms with Crippen LogP contribution in [0.15, 0.2) is 42.5 Å². The highest BCUT2D eigenvalue weighted by molar-refractivity contribution is 5.75. The zero-order valence-corrected chi connectivity index (χ0v) is 19.1. The number of nitrogens with zero attached hydrogens (tertiary/aromatic N) is 2. The first-order chi connectivity index (χ1) is 17.1. The molecule has 1 aliphatic rings. The Hall–Kier alpha value is -4.66. The number of carbonyl (C=O) groups is 1. The Balaban J connectivity index is 0.000000454. The summed E-state index contributed by atoms with van der Waals surface area (Å²) < 4.78 is 48.5. The van der Waals surface area contributed by atoms with Gasteiger partial charge in [0.05, 0.1) is 19.9 Å². The topological polar surface area (TPSA) is 140 Å². The summed E-state index contributed by atoms with van der Waals surface area (Å²) in [5.41, 5.74) is 9.78. The largest absolute Gasteiger partial charge is 0.493 e. The predicted molar refractivity (Wildman–Crippen MR) is 123 cm³/mol. The van der Waals surface area contributed by atoms with Crippen molar-refractivity contribution in [2.45, 2.75) is 19.1 Å². The van der Waals surface area contributed by atoms with Crippen LogP contribution in [0.25, 0.3) is 0 Å². The van der Waals surface area contributed by atoms with Gasteiger partial charge in [-0.1, -0.05) is 30.3 Å². The van der Waals surface area contributed by atoms with Gasteiger partial charge in [-0.3, -0.25) is 0 Å². The van der Waals surface area contributed by atoms with Gasteiger partial charge < -0.3 is 30.4 Å². The lowest BCUT2D eigenvalue weighted by Crippen LogP contribution is -2.21. The number of carboxylic acid groups (broad SMARTS) is 1. The number of halogens is 3. The molecule has 36 heavy (non-hydrogen) atoms. The molecule has 0 atom stereocenters. The molecular weight excluding hydrogens is 481 g/mol. The molecule has 12 heteroatoms. The average Bonchev–Trinajstić information content (AvgIpc) is 2.85. The van der Waals surface area contributed by atoms with E-state index >= 15 is 0 Å². The molecule has 9 nitrogen and oxygen atoms in total. The number of ether oxygens (including phenoxy) is 3. The van der Waals surface area contributed by atoms with Crippen molar-refractivity contribution >= 4 is 17.5 Å². The number of nitrogens with one attached hydrogen (secondary N) is 1. The highest BCUT2D eigenvalue weighted by Gasteiger charge is 2.38. The Labute approximate surface area is 203 Å². The lowest BCUT2D eigenvalue weighted by atomic mass is 9.98. The number of pyridine rings is 1. The first-order valence-corrected chi connectivity index (χ1v) is 10.3. The van der Waals surface area contributed by atoms with Crippen LogP contribution in [0.3, 0.4) is 0 Å². The summed E-state index contributed by atoms with van der Waals surface area (Å²) in [4.78, 5) is 13.2. The third kappa shape index (κ3) is 5.69. The van der Waals surface area contributed by atoms with E-state index in [2.05, 4.69) is 16.4 Å². The second-order valence-electron chi connectivity index (χ2n) is 7.38. The number of rotatable bonds is 5. The SMILES string of the molecule is COc1cc2c(cc1OC)Oc1nc(N)c(C#N)c(NCc3ccccc3)c1C2.O=C(O)C(F)(F)F. The summed E-state index contributed by atoms with van der Waals surface area (Å²) >= 11 is 0. The normalized spacial score (nSPS) is 11.4. The van der Waals surface area contributed by atoms with Crippen molar-refractivity contribution in [2.24, 2.45) is 0 Å². The van der Waals surface area contributed by atoms with Gasteiger partial charge in [0, 0.05) is 30.2 Å². The smallest absolute Gasteiger partial charge is 0.490 e. The second-order valence-corrected chi connectivity index (χ2v) is 7.38. The molecular formula is C24H21F3N4O5. The molecule has 0 saturated carbocycles. The van der Waals surface area contributed by atoms with E-state index in [9.17, 15) is 18.4 Å². The minimum absolute atomic E-state index is 0.130. The Kier molecular flexibility index (Phi) is 7.73. The van der Waals surface area contributed by atoms with Crippen molar-refractivity contribution in [1.82, 2.24) is 4.98 Å². The molecule has 4 N–H and O–H groups in total. The van der Waals surface area contributed by atoms with E-state index in [4.69, 9.17) is 29.8 Å². The second kappa shape index (κ2) is 10.7. The van der Waals surface area contributed by atoms with E-state index in [-0.39, 0.29) is 5.82 Å². The molecule has 2 heterocycles. The van der Waals surface area contributed by atoms with Crippen LogP contribution >= 0.6 is 0 Å². The summed E-state index contributed by atoms with van der Waals surface area (Å²) in [5, 5.41) is 20.1. The molecule has 2 aromatic carbocycles. The van der Waals surface area contributed by atoms with Crippen molar-refractivity contribution in [1.29, 1.82) is 5.26 Å². The van der Waals surface area contributed by atoms with Gasteiger partial charge in [0.15, 0.2) is 11.5 Å². The van der Waals surface area contributed by atoms with Gasteiger partial charge in [-0.15, -0.1) is 0 Å². The highest BCUT2D eigenvalue weighted by atomic mass is 19.4. The molecule has 0 bridgehead atoms. The summed E-state index contributed by atoms with van der Waals surface area (Å²) in [5.74, 6) is -0.435. The number of nitriles is 1. The van der Waals surface area contributed by atoms with E-state index in [0.717, 1.165) is 16.7 Å². The Morgan fingerprint density at radius 1 is 1.22 bits per heavy atom. The number of alkyl halides is 3. The minimum atomic E-state index is -5.08. The maximum atomic E-state index is 10.6. The number of aromatic nitrogens is 1. The molecule has 0 fully saturated rings. The summed E-state index contributed by atoms with van der Waals surface area (Å²) in [6.45, 7) is 0.546. The molecule has 0 unspecified atom stereocenters. The van der Waals surface area contributed by atoms with Crippen LogP contribution in [0.2, 0.25) is 0 Å². The lowest BCUT2D eigenvalue weighted by molar-refractivity contribution is -0.192. The first-order valence-electron chi connectivity index (χ1n) is 10.3. The molecule has 188 valence electrons. The Morgan fingerprint density at radius 3 is 2.39 bits per heavy atom. The maximum Gasteiger partial charge on any atom is 0.490 e. The maximum absolute atomic E-state index is 10.6. The molecule has 1 aliphatic heterocycles. The number of carboxylic acids is 1. The van der Waals surface area contributed by atoms with Gasteiger partial charge in [0.1, 0.15) is 23.2 Å². The van der Waals surface area contributed by atoms with Crippen LogP contribution in [0.1, 0.15) is 22.3 Å². The molecule has 3 aromatic rings. The molecule has 0 spiro atoms. The number of anilines is 2. The van der Waals surface area contributed by atoms with Gasteiger partial charge in [0.25, 0.3) is 0 Å². The Morgan fingerprint density at radius 2 is 1.83 bits per heavy atom. The number of fused-ring (bicyclic) bond motifs is 2. The fourth-order valence-electron chi connectivity index (χ4n) is 3.39.